The maximum atomic E-state index is 12.2. The number of carbonyl (C=O) groups is 1. The summed E-state index contributed by atoms with van der Waals surface area (Å²) in [5.74, 6) is 2.00. The van der Waals surface area contributed by atoms with Crippen LogP contribution in [-0.2, 0) is 11.3 Å². The van der Waals surface area contributed by atoms with Crippen molar-refractivity contribution < 1.29 is 4.79 Å². The quantitative estimate of drug-likeness (QED) is 0.448. The van der Waals surface area contributed by atoms with E-state index in [2.05, 4.69) is 41.5 Å². The van der Waals surface area contributed by atoms with Crippen molar-refractivity contribution in [1.82, 2.24) is 25.1 Å². The van der Waals surface area contributed by atoms with Gasteiger partial charge in [-0.15, -0.1) is 0 Å². The van der Waals surface area contributed by atoms with Crippen molar-refractivity contribution >= 4 is 34.5 Å². The first kappa shape index (κ1) is 21.5. The Labute approximate surface area is 166 Å². The van der Waals surface area contributed by atoms with Crippen LogP contribution >= 0.6 is 11.8 Å². The normalized spacial score (nSPS) is 11.5. The number of anilines is 1. The molecule has 0 saturated heterocycles. The second-order valence-electron chi connectivity index (χ2n) is 6.91. The standard InChI is InChI=1S/C19H32N6OS/c1-6-11-27-19-23-16(22-13(4)5)15-12-21-25(17(15)24-19)10-9-20-18(26)14(7-2)8-3/h12-14H,6-11H2,1-5H3,(H,20,26)(H,22,23,24). The van der Waals surface area contributed by atoms with Crippen LogP contribution in [0.5, 0.6) is 0 Å². The Hall–Kier alpha value is -1.83. The summed E-state index contributed by atoms with van der Waals surface area (Å²) >= 11 is 1.65. The lowest BCUT2D eigenvalue weighted by molar-refractivity contribution is -0.125. The van der Waals surface area contributed by atoms with E-state index >= 15 is 0 Å². The summed E-state index contributed by atoms with van der Waals surface area (Å²) in [7, 11) is 0. The van der Waals surface area contributed by atoms with Crippen LogP contribution in [0.1, 0.15) is 53.9 Å². The van der Waals surface area contributed by atoms with E-state index in [-0.39, 0.29) is 17.9 Å². The molecule has 0 aliphatic rings. The lowest BCUT2D eigenvalue weighted by atomic mass is 10.0. The molecular weight excluding hydrogens is 360 g/mol. The van der Waals surface area contributed by atoms with E-state index in [0.717, 1.165) is 47.0 Å². The van der Waals surface area contributed by atoms with Gasteiger partial charge in [-0.05, 0) is 33.1 Å². The first-order chi connectivity index (χ1) is 13.0. The first-order valence-electron chi connectivity index (χ1n) is 9.90. The minimum atomic E-state index is 0.0839. The second-order valence-corrected chi connectivity index (χ2v) is 7.97. The Balaban J connectivity index is 2.18. The summed E-state index contributed by atoms with van der Waals surface area (Å²) in [4.78, 5) is 21.5. The lowest BCUT2D eigenvalue weighted by Crippen LogP contribution is -2.32. The molecule has 0 aliphatic carbocycles. The number of hydrogen-bond acceptors (Lipinski definition) is 6. The molecule has 0 unspecified atom stereocenters. The zero-order valence-corrected chi connectivity index (χ0v) is 17.9. The molecule has 0 saturated carbocycles. The molecule has 0 aliphatic heterocycles. The number of carbonyl (C=O) groups excluding carboxylic acids is 1. The van der Waals surface area contributed by atoms with E-state index in [9.17, 15) is 4.79 Å². The highest BCUT2D eigenvalue weighted by atomic mass is 32.2. The first-order valence-corrected chi connectivity index (χ1v) is 10.9. The van der Waals surface area contributed by atoms with Crippen LogP contribution in [0.3, 0.4) is 0 Å². The third kappa shape index (κ3) is 5.82. The molecule has 0 radical (unpaired) electrons. The van der Waals surface area contributed by atoms with Gasteiger partial charge in [0.2, 0.25) is 5.91 Å². The Kier molecular flexibility index (Phi) is 8.34. The maximum absolute atomic E-state index is 12.2. The van der Waals surface area contributed by atoms with E-state index in [1.54, 1.807) is 18.0 Å². The number of nitrogens with zero attached hydrogens (tertiary/aromatic N) is 4. The molecule has 150 valence electrons. The lowest BCUT2D eigenvalue weighted by Gasteiger charge is -2.13. The van der Waals surface area contributed by atoms with Crippen molar-refractivity contribution in [1.29, 1.82) is 0 Å². The van der Waals surface area contributed by atoms with Crippen molar-refractivity contribution in [3.05, 3.63) is 6.20 Å². The van der Waals surface area contributed by atoms with Crippen molar-refractivity contribution in [2.75, 3.05) is 17.6 Å². The third-order valence-corrected chi connectivity index (χ3v) is 5.37. The average Bonchev–Trinajstić information content (AvgIpc) is 3.04. The molecule has 0 atom stereocenters. The van der Waals surface area contributed by atoms with Crippen LogP contribution in [0.15, 0.2) is 11.4 Å². The Bertz CT molecular complexity index is 741. The van der Waals surface area contributed by atoms with Crippen LogP contribution in [0, 0.1) is 5.92 Å². The van der Waals surface area contributed by atoms with Crippen LogP contribution < -0.4 is 10.6 Å². The molecule has 0 bridgehead atoms. The number of thioether (sulfide) groups is 1. The van der Waals surface area contributed by atoms with Gasteiger partial charge in [0, 0.05) is 24.3 Å². The van der Waals surface area contributed by atoms with Gasteiger partial charge in [0.05, 0.1) is 18.1 Å². The number of amides is 1. The van der Waals surface area contributed by atoms with Crippen molar-refractivity contribution in [2.24, 2.45) is 5.92 Å². The van der Waals surface area contributed by atoms with Gasteiger partial charge in [-0.25, -0.2) is 14.6 Å². The molecule has 1 amide bonds. The second kappa shape index (κ2) is 10.5. The highest BCUT2D eigenvalue weighted by molar-refractivity contribution is 7.99. The SMILES string of the molecule is CCCSc1nc(NC(C)C)c2cnn(CCNC(=O)C(CC)CC)c2n1. The summed E-state index contributed by atoms with van der Waals surface area (Å²) in [6.45, 7) is 11.5. The van der Waals surface area contributed by atoms with E-state index in [1.807, 2.05) is 18.5 Å². The van der Waals surface area contributed by atoms with Gasteiger partial charge in [0.15, 0.2) is 10.8 Å². The predicted octanol–water partition coefficient (Wildman–Crippen LogP) is 3.70. The summed E-state index contributed by atoms with van der Waals surface area (Å²) in [5, 5.41) is 12.6. The number of aromatic nitrogens is 4. The molecule has 0 fully saturated rings. The topological polar surface area (TPSA) is 84.7 Å². The zero-order valence-electron chi connectivity index (χ0n) is 17.1. The maximum Gasteiger partial charge on any atom is 0.223 e. The summed E-state index contributed by atoms with van der Waals surface area (Å²) < 4.78 is 1.85. The number of hydrogen-bond donors (Lipinski definition) is 2. The fraction of sp³-hybridized carbons (Fsp3) is 0.684. The van der Waals surface area contributed by atoms with E-state index in [1.165, 1.54) is 0 Å². The molecule has 0 spiro atoms. The molecule has 2 aromatic rings. The van der Waals surface area contributed by atoms with Gasteiger partial charge in [-0.3, -0.25) is 4.79 Å². The van der Waals surface area contributed by atoms with E-state index < -0.39 is 0 Å². The Morgan fingerprint density at radius 2 is 1.96 bits per heavy atom. The summed E-state index contributed by atoms with van der Waals surface area (Å²) in [6.07, 6.45) is 4.60. The highest BCUT2D eigenvalue weighted by Gasteiger charge is 2.16. The fourth-order valence-electron chi connectivity index (χ4n) is 2.83. The van der Waals surface area contributed by atoms with Gasteiger partial charge in [0.25, 0.3) is 0 Å². The van der Waals surface area contributed by atoms with Crippen LogP contribution in [0.2, 0.25) is 0 Å². The molecule has 2 rings (SSSR count). The van der Waals surface area contributed by atoms with Gasteiger partial charge in [-0.2, -0.15) is 5.10 Å². The van der Waals surface area contributed by atoms with Crippen molar-refractivity contribution in [3.63, 3.8) is 0 Å². The van der Waals surface area contributed by atoms with Gasteiger partial charge < -0.3 is 10.6 Å². The molecule has 8 heteroatoms. The van der Waals surface area contributed by atoms with Gasteiger partial charge >= 0.3 is 0 Å². The smallest absolute Gasteiger partial charge is 0.223 e. The largest absolute Gasteiger partial charge is 0.367 e. The molecule has 7 nitrogen and oxygen atoms in total. The summed E-state index contributed by atoms with van der Waals surface area (Å²) in [6, 6.07) is 0.273. The zero-order chi connectivity index (χ0) is 19.8. The average molecular weight is 393 g/mol. The molecular formula is C19H32N6OS. The van der Waals surface area contributed by atoms with E-state index in [0.29, 0.717) is 13.1 Å². The van der Waals surface area contributed by atoms with Crippen molar-refractivity contribution in [2.45, 2.75) is 71.6 Å². The van der Waals surface area contributed by atoms with Crippen molar-refractivity contribution in [3.8, 4) is 0 Å². The summed E-state index contributed by atoms with van der Waals surface area (Å²) in [5.41, 5.74) is 0.809. The highest BCUT2D eigenvalue weighted by Crippen LogP contribution is 2.25. The molecule has 2 heterocycles. The minimum absolute atomic E-state index is 0.0839. The number of fused-ring (bicyclic) bond motifs is 1. The monoisotopic (exact) mass is 392 g/mol. The Morgan fingerprint density at radius 1 is 1.22 bits per heavy atom. The van der Waals surface area contributed by atoms with Crippen LogP contribution in [-0.4, -0.2) is 44.0 Å². The molecule has 0 aromatic carbocycles. The van der Waals surface area contributed by atoms with Crippen LogP contribution in [0.4, 0.5) is 5.82 Å². The molecule has 2 aromatic heterocycles. The number of nitrogens with one attached hydrogen (secondary N) is 2. The Morgan fingerprint density at radius 3 is 2.59 bits per heavy atom. The number of rotatable bonds is 11. The minimum Gasteiger partial charge on any atom is -0.367 e. The van der Waals surface area contributed by atoms with E-state index in [4.69, 9.17) is 4.98 Å². The predicted molar refractivity (Wildman–Crippen MR) is 112 cm³/mol. The van der Waals surface area contributed by atoms with Gasteiger partial charge in [-0.1, -0.05) is 32.5 Å². The fourth-order valence-corrected chi connectivity index (χ4v) is 3.52. The third-order valence-electron chi connectivity index (χ3n) is 4.32. The molecule has 2 N–H and O–H groups in total. The van der Waals surface area contributed by atoms with Crippen LogP contribution in [0.25, 0.3) is 11.0 Å². The van der Waals surface area contributed by atoms with Gasteiger partial charge in [0.1, 0.15) is 5.82 Å². The molecule has 27 heavy (non-hydrogen) atoms.